The minimum Gasteiger partial charge on any atom is -0.355 e. The number of carbonyl (C=O) groups excluding carboxylic acids is 1. The summed E-state index contributed by atoms with van der Waals surface area (Å²) in [5.74, 6) is 0.548. The molecule has 0 aromatic heterocycles. The van der Waals surface area contributed by atoms with E-state index >= 15 is 0 Å². The molecule has 0 atom stereocenters. The Morgan fingerprint density at radius 1 is 1.44 bits per heavy atom. The molecule has 1 rings (SSSR count). The van der Waals surface area contributed by atoms with Gasteiger partial charge < -0.3 is 5.32 Å². The third kappa shape index (κ3) is 4.64. The highest BCUT2D eigenvalue weighted by atomic mass is 35.5. The summed E-state index contributed by atoms with van der Waals surface area (Å²) in [6, 6.07) is 5.39. The van der Waals surface area contributed by atoms with Gasteiger partial charge in [-0.15, -0.1) is 0 Å². The first-order chi connectivity index (χ1) is 7.63. The lowest BCUT2D eigenvalue weighted by atomic mass is 10.1. The zero-order valence-corrected chi connectivity index (χ0v) is 11.3. The molecule has 16 heavy (non-hydrogen) atoms. The summed E-state index contributed by atoms with van der Waals surface area (Å²) in [6.07, 6.45) is 2.62. The van der Waals surface area contributed by atoms with Crippen molar-refractivity contribution in [1.82, 2.24) is 5.32 Å². The van der Waals surface area contributed by atoms with E-state index < -0.39 is 0 Å². The van der Waals surface area contributed by atoms with E-state index in [0.29, 0.717) is 22.3 Å². The van der Waals surface area contributed by atoms with Crippen molar-refractivity contribution in [3.8, 4) is 0 Å². The number of nitrogens with one attached hydrogen (secondary N) is 1. The summed E-state index contributed by atoms with van der Waals surface area (Å²) in [4.78, 5) is 11.2. The first-order valence-corrected chi connectivity index (χ1v) is 6.98. The molecule has 1 aromatic carbocycles. The van der Waals surface area contributed by atoms with Gasteiger partial charge in [0.2, 0.25) is 5.91 Å². The maximum atomic E-state index is 11.2. The van der Waals surface area contributed by atoms with Crippen LogP contribution in [0.25, 0.3) is 0 Å². The van der Waals surface area contributed by atoms with Crippen LogP contribution >= 0.6 is 35.0 Å². The summed E-state index contributed by atoms with van der Waals surface area (Å²) in [7, 11) is 0. The second kappa shape index (κ2) is 7.05. The van der Waals surface area contributed by atoms with Gasteiger partial charge in [0.05, 0.1) is 5.75 Å². The van der Waals surface area contributed by atoms with Crippen molar-refractivity contribution in [1.29, 1.82) is 0 Å². The normalized spacial score (nSPS) is 10.2. The highest BCUT2D eigenvalue weighted by Crippen LogP contribution is 2.20. The van der Waals surface area contributed by atoms with Crippen LogP contribution in [-0.2, 0) is 11.2 Å². The van der Waals surface area contributed by atoms with E-state index in [-0.39, 0.29) is 5.91 Å². The van der Waals surface area contributed by atoms with E-state index in [1.807, 2.05) is 12.3 Å². The molecular formula is C11H13Cl2NOS. The third-order valence-corrected chi connectivity index (χ3v) is 3.14. The fourth-order valence-electron chi connectivity index (χ4n) is 1.24. The highest BCUT2D eigenvalue weighted by molar-refractivity contribution is 7.99. The van der Waals surface area contributed by atoms with Crippen molar-refractivity contribution in [3.05, 3.63) is 33.8 Å². The van der Waals surface area contributed by atoms with Crippen LogP contribution < -0.4 is 5.32 Å². The van der Waals surface area contributed by atoms with Crippen LogP contribution in [0.3, 0.4) is 0 Å². The summed E-state index contributed by atoms with van der Waals surface area (Å²) in [6.45, 7) is 0.598. The minimum absolute atomic E-state index is 0.0533. The summed E-state index contributed by atoms with van der Waals surface area (Å²) < 4.78 is 0. The zero-order chi connectivity index (χ0) is 12.0. The predicted octanol–water partition coefficient (Wildman–Crippen LogP) is 3.02. The van der Waals surface area contributed by atoms with Crippen molar-refractivity contribution in [2.24, 2.45) is 0 Å². The van der Waals surface area contributed by atoms with E-state index in [1.165, 1.54) is 11.8 Å². The van der Waals surface area contributed by atoms with Gasteiger partial charge in [-0.05, 0) is 30.4 Å². The number of halogens is 2. The summed E-state index contributed by atoms with van der Waals surface area (Å²) in [5.41, 5.74) is 0.996. The molecule has 0 aliphatic rings. The van der Waals surface area contributed by atoms with Gasteiger partial charge in [-0.2, -0.15) is 11.8 Å². The fourth-order valence-corrected chi connectivity index (χ4v) is 2.11. The van der Waals surface area contributed by atoms with Crippen LogP contribution in [0.2, 0.25) is 10.0 Å². The third-order valence-electron chi connectivity index (χ3n) is 2.01. The number of hydrogen-bond donors (Lipinski definition) is 1. The molecule has 1 N–H and O–H groups in total. The molecule has 88 valence electrons. The number of carbonyl (C=O) groups is 1. The molecule has 0 spiro atoms. The van der Waals surface area contributed by atoms with Crippen molar-refractivity contribution < 1.29 is 4.79 Å². The van der Waals surface area contributed by atoms with Crippen LogP contribution in [0.15, 0.2) is 18.2 Å². The van der Waals surface area contributed by atoms with Crippen LogP contribution in [0.1, 0.15) is 5.56 Å². The van der Waals surface area contributed by atoms with Gasteiger partial charge in [0, 0.05) is 16.6 Å². The van der Waals surface area contributed by atoms with Gasteiger partial charge in [-0.1, -0.05) is 29.3 Å². The van der Waals surface area contributed by atoms with E-state index in [9.17, 15) is 4.79 Å². The second-order valence-electron chi connectivity index (χ2n) is 3.27. The largest absolute Gasteiger partial charge is 0.355 e. The molecule has 0 radical (unpaired) electrons. The molecule has 1 amide bonds. The SMILES string of the molecule is CSCC(=O)NCCc1ccc(Cl)cc1Cl. The van der Waals surface area contributed by atoms with Gasteiger partial charge >= 0.3 is 0 Å². The first kappa shape index (κ1) is 13.7. The zero-order valence-electron chi connectivity index (χ0n) is 8.93. The van der Waals surface area contributed by atoms with Crippen molar-refractivity contribution in [2.45, 2.75) is 6.42 Å². The number of benzene rings is 1. The maximum Gasteiger partial charge on any atom is 0.229 e. The van der Waals surface area contributed by atoms with Gasteiger partial charge in [-0.3, -0.25) is 4.79 Å². The lowest BCUT2D eigenvalue weighted by Gasteiger charge is -2.06. The Hall–Kier alpha value is -0.380. The Balaban J connectivity index is 2.40. The molecule has 0 fully saturated rings. The second-order valence-corrected chi connectivity index (χ2v) is 4.98. The van der Waals surface area contributed by atoms with E-state index in [0.717, 1.165) is 12.0 Å². The topological polar surface area (TPSA) is 29.1 Å². The molecule has 2 nitrogen and oxygen atoms in total. The molecule has 0 unspecified atom stereocenters. The number of thioether (sulfide) groups is 1. The predicted molar refractivity (Wildman–Crippen MR) is 71.6 cm³/mol. The number of hydrogen-bond acceptors (Lipinski definition) is 2. The van der Waals surface area contributed by atoms with Gasteiger partial charge in [0.15, 0.2) is 0 Å². The van der Waals surface area contributed by atoms with Gasteiger partial charge in [-0.25, -0.2) is 0 Å². The van der Waals surface area contributed by atoms with Crippen LogP contribution in [0.5, 0.6) is 0 Å². The van der Waals surface area contributed by atoms with Gasteiger partial charge in [0.1, 0.15) is 0 Å². The minimum atomic E-state index is 0.0533. The van der Waals surface area contributed by atoms with Crippen molar-refractivity contribution >= 4 is 40.9 Å². The Labute approximate surface area is 110 Å². The molecule has 0 aliphatic heterocycles. The van der Waals surface area contributed by atoms with E-state index in [1.54, 1.807) is 12.1 Å². The quantitative estimate of drug-likeness (QED) is 0.897. The molecule has 1 aromatic rings. The Kier molecular flexibility index (Phi) is 6.03. The average molecular weight is 278 g/mol. The molecule has 0 aliphatic carbocycles. The maximum absolute atomic E-state index is 11.2. The number of amides is 1. The standard InChI is InChI=1S/C11H13Cl2NOS/c1-16-7-11(15)14-5-4-8-2-3-9(12)6-10(8)13/h2-3,6H,4-5,7H2,1H3,(H,14,15). The average Bonchev–Trinajstić information content (AvgIpc) is 2.22. The van der Waals surface area contributed by atoms with E-state index in [4.69, 9.17) is 23.2 Å². The summed E-state index contributed by atoms with van der Waals surface area (Å²) in [5, 5.41) is 4.09. The Bertz CT molecular complexity index is 371. The smallest absolute Gasteiger partial charge is 0.229 e. The van der Waals surface area contributed by atoms with Gasteiger partial charge in [0.25, 0.3) is 0 Å². The Morgan fingerprint density at radius 2 is 2.19 bits per heavy atom. The summed E-state index contributed by atoms with van der Waals surface area (Å²) >= 11 is 13.3. The van der Waals surface area contributed by atoms with Crippen LogP contribution in [0, 0.1) is 0 Å². The van der Waals surface area contributed by atoms with Crippen molar-refractivity contribution in [3.63, 3.8) is 0 Å². The van der Waals surface area contributed by atoms with Crippen LogP contribution in [-0.4, -0.2) is 24.5 Å². The first-order valence-electron chi connectivity index (χ1n) is 4.83. The lowest BCUT2D eigenvalue weighted by molar-refractivity contribution is -0.118. The molecule has 0 bridgehead atoms. The van der Waals surface area contributed by atoms with Crippen LogP contribution in [0.4, 0.5) is 0 Å². The highest BCUT2D eigenvalue weighted by Gasteiger charge is 2.03. The lowest BCUT2D eigenvalue weighted by Crippen LogP contribution is -2.27. The van der Waals surface area contributed by atoms with Crippen molar-refractivity contribution in [2.75, 3.05) is 18.6 Å². The molecular weight excluding hydrogens is 265 g/mol. The fraction of sp³-hybridized carbons (Fsp3) is 0.364. The molecule has 0 heterocycles. The Morgan fingerprint density at radius 3 is 2.81 bits per heavy atom. The molecule has 0 saturated carbocycles. The monoisotopic (exact) mass is 277 g/mol. The molecule has 0 saturated heterocycles. The number of rotatable bonds is 5. The molecule has 5 heteroatoms. The van der Waals surface area contributed by atoms with E-state index in [2.05, 4.69) is 5.32 Å².